The molecule has 1 amide bonds. The molecule has 2 bridgehead atoms. The summed E-state index contributed by atoms with van der Waals surface area (Å²) in [6.45, 7) is 3.67. The van der Waals surface area contributed by atoms with Crippen LogP contribution in [0.25, 0.3) is 11.3 Å². The van der Waals surface area contributed by atoms with E-state index < -0.39 is 0 Å². The number of carbonyl (C=O) groups excluding carboxylic acids is 1. The number of amides is 1. The summed E-state index contributed by atoms with van der Waals surface area (Å²) in [6, 6.07) is 7.51. The van der Waals surface area contributed by atoms with Gasteiger partial charge in [-0.05, 0) is 44.1 Å². The van der Waals surface area contributed by atoms with Gasteiger partial charge in [0.2, 0.25) is 5.88 Å². The smallest absolute Gasteiger partial charge is 0.417 e. The Labute approximate surface area is 140 Å². The molecular weight excluding hydrogens is 306 g/mol. The fraction of sp³-hybridized carbons (Fsp3) is 0.444. The van der Waals surface area contributed by atoms with E-state index in [1.54, 1.807) is 17.3 Å². The topological polar surface area (TPSA) is 58.8 Å². The maximum Gasteiger partial charge on any atom is 0.417 e. The van der Waals surface area contributed by atoms with Crippen LogP contribution in [0.5, 0.6) is 0 Å². The molecule has 4 aliphatic rings. The van der Waals surface area contributed by atoms with Gasteiger partial charge in [-0.15, -0.1) is 0 Å². The number of hydrogen-bond acceptors (Lipinski definition) is 5. The number of piperidine rings is 3. The zero-order chi connectivity index (χ0) is 16.1. The number of ether oxygens (including phenoxy) is 1. The fourth-order valence-corrected chi connectivity index (χ4v) is 4.32. The Balaban J connectivity index is 1.42. The van der Waals surface area contributed by atoms with Gasteiger partial charge in [0.25, 0.3) is 0 Å². The van der Waals surface area contributed by atoms with Gasteiger partial charge in [0.15, 0.2) is 0 Å². The van der Waals surface area contributed by atoms with Gasteiger partial charge in [0.05, 0.1) is 6.54 Å². The van der Waals surface area contributed by atoms with Gasteiger partial charge in [-0.2, -0.15) is 0 Å². The molecule has 1 spiro atoms. The maximum absolute atomic E-state index is 12.5. The first kappa shape index (κ1) is 14.0. The minimum atomic E-state index is -0.364. The Morgan fingerprint density at radius 3 is 2.58 bits per heavy atom. The highest BCUT2D eigenvalue weighted by molar-refractivity contribution is 5.89. The lowest BCUT2D eigenvalue weighted by Crippen LogP contribution is -2.61. The summed E-state index contributed by atoms with van der Waals surface area (Å²) in [6.07, 6.45) is 5.39. The number of carbonyl (C=O) groups is 1. The summed E-state index contributed by atoms with van der Waals surface area (Å²) in [4.78, 5) is 20.6. The van der Waals surface area contributed by atoms with Crippen molar-refractivity contribution in [3.63, 3.8) is 0 Å². The van der Waals surface area contributed by atoms with Crippen molar-refractivity contribution in [1.82, 2.24) is 9.88 Å². The second kappa shape index (κ2) is 5.08. The molecule has 124 valence electrons. The number of nitrogens with zero attached hydrogens (tertiary/aromatic N) is 3. The van der Waals surface area contributed by atoms with Crippen LogP contribution in [-0.2, 0) is 4.74 Å². The zero-order valence-electron chi connectivity index (χ0n) is 13.4. The van der Waals surface area contributed by atoms with E-state index in [2.05, 4.69) is 9.88 Å². The highest BCUT2D eigenvalue weighted by Crippen LogP contribution is 2.43. The lowest BCUT2D eigenvalue weighted by atomic mass is 9.75. The molecule has 4 saturated heterocycles. The molecule has 0 N–H and O–H groups in total. The Morgan fingerprint density at radius 1 is 1.08 bits per heavy atom. The quantitative estimate of drug-likeness (QED) is 0.850. The highest BCUT2D eigenvalue weighted by Gasteiger charge is 2.56. The Kier molecular flexibility index (Phi) is 2.97. The van der Waals surface area contributed by atoms with Crippen molar-refractivity contribution in [2.45, 2.75) is 18.4 Å². The van der Waals surface area contributed by atoms with Crippen LogP contribution < -0.4 is 4.90 Å². The molecule has 0 aromatic carbocycles. The molecule has 6 nitrogen and oxygen atoms in total. The molecule has 2 aromatic heterocycles. The van der Waals surface area contributed by atoms with Crippen molar-refractivity contribution in [3.05, 3.63) is 36.7 Å². The third kappa shape index (κ3) is 2.06. The summed E-state index contributed by atoms with van der Waals surface area (Å²) in [5.41, 5.74) is 0.582. The van der Waals surface area contributed by atoms with Crippen LogP contribution >= 0.6 is 0 Å². The summed E-state index contributed by atoms with van der Waals surface area (Å²) in [5, 5.41) is 0. The molecule has 24 heavy (non-hydrogen) atoms. The average molecular weight is 325 g/mol. The minimum Gasteiger partial charge on any atom is -0.440 e. The van der Waals surface area contributed by atoms with E-state index in [1.807, 2.05) is 24.3 Å². The van der Waals surface area contributed by atoms with E-state index in [0.717, 1.165) is 43.8 Å². The molecular formula is C18H19N3O3. The Bertz CT molecular complexity index is 767. The standard InChI is InChI=1S/C18H19N3O3/c22-17-21(12-18(24-17)11-20-9-5-14(18)6-10-20)16-2-1-15(23-16)13-3-7-19-8-4-13/h1-4,7-8,14H,5-6,9-12H2/t18-/m1/s1. The number of aromatic nitrogens is 1. The monoisotopic (exact) mass is 325 g/mol. The summed E-state index contributed by atoms with van der Waals surface area (Å²) < 4.78 is 11.8. The molecule has 0 radical (unpaired) electrons. The third-order valence-corrected chi connectivity index (χ3v) is 5.58. The second-order valence-corrected chi connectivity index (χ2v) is 6.94. The summed E-state index contributed by atoms with van der Waals surface area (Å²) >= 11 is 0. The minimum absolute atomic E-state index is 0.292. The molecule has 6 heteroatoms. The molecule has 6 rings (SSSR count). The van der Waals surface area contributed by atoms with Crippen LogP contribution in [0.1, 0.15) is 12.8 Å². The van der Waals surface area contributed by atoms with Crippen LogP contribution in [0.3, 0.4) is 0 Å². The van der Waals surface area contributed by atoms with Gasteiger partial charge in [-0.3, -0.25) is 9.88 Å². The number of furan rings is 1. The van der Waals surface area contributed by atoms with Crippen LogP contribution in [0.15, 0.2) is 41.1 Å². The van der Waals surface area contributed by atoms with E-state index in [-0.39, 0.29) is 11.7 Å². The molecule has 4 fully saturated rings. The largest absolute Gasteiger partial charge is 0.440 e. The predicted octanol–water partition coefficient (Wildman–Crippen LogP) is 2.76. The number of pyridine rings is 1. The van der Waals surface area contributed by atoms with Crippen LogP contribution in [-0.4, -0.2) is 47.8 Å². The SMILES string of the molecule is O=C1O[C@]2(CN3CCC2CC3)CN1c1ccc(-c2ccncc2)o1. The zero-order valence-corrected chi connectivity index (χ0v) is 13.4. The van der Waals surface area contributed by atoms with Crippen molar-refractivity contribution < 1.29 is 13.9 Å². The lowest BCUT2D eigenvalue weighted by Gasteiger charge is -2.49. The van der Waals surface area contributed by atoms with E-state index in [1.165, 1.54) is 0 Å². The van der Waals surface area contributed by atoms with E-state index in [0.29, 0.717) is 18.3 Å². The van der Waals surface area contributed by atoms with Gasteiger partial charge < -0.3 is 9.15 Å². The van der Waals surface area contributed by atoms with Crippen LogP contribution in [0.2, 0.25) is 0 Å². The molecule has 0 aliphatic carbocycles. The molecule has 4 aliphatic heterocycles. The lowest BCUT2D eigenvalue weighted by molar-refractivity contribution is -0.0881. The number of fused-ring (bicyclic) bond motifs is 2. The van der Waals surface area contributed by atoms with Crippen molar-refractivity contribution in [3.8, 4) is 11.3 Å². The molecule has 0 unspecified atom stereocenters. The van der Waals surface area contributed by atoms with Crippen molar-refractivity contribution in [2.24, 2.45) is 5.92 Å². The third-order valence-electron chi connectivity index (χ3n) is 5.58. The van der Waals surface area contributed by atoms with Gasteiger partial charge in [0.1, 0.15) is 11.4 Å². The molecule has 6 heterocycles. The van der Waals surface area contributed by atoms with Gasteiger partial charge >= 0.3 is 6.09 Å². The van der Waals surface area contributed by atoms with Crippen molar-refractivity contribution in [2.75, 3.05) is 31.1 Å². The van der Waals surface area contributed by atoms with E-state index >= 15 is 0 Å². The summed E-state index contributed by atoms with van der Waals surface area (Å²) in [7, 11) is 0. The molecule has 0 saturated carbocycles. The van der Waals surface area contributed by atoms with Gasteiger partial charge in [-0.1, -0.05) is 0 Å². The second-order valence-electron chi connectivity index (χ2n) is 6.94. The van der Waals surface area contributed by atoms with E-state index in [9.17, 15) is 4.79 Å². The first-order chi connectivity index (χ1) is 11.7. The van der Waals surface area contributed by atoms with Crippen LogP contribution in [0, 0.1) is 5.92 Å². The average Bonchev–Trinajstić information content (AvgIpc) is 3.22. The normalized spacial score (nSPS) is 31.7. The highest BCUT2D eigenvalue weighted by atomic mass is 16.6. The Morgan fingerprint density at radius 2 is 1.88 bits per heavy atom. The van der Waals surface area contributed by atoms with Crippen molar-refractivity contribution >= 4 is 12.0 Å². The van der Waals surface area contributed by atoms with Crippen LogP contribution in [0.4, 0.5) is 10.7 Å². The van der Waals surface area contributed by atoms with Crippen molar-refractivity contribution in [1.29, 1.82) is 0 Å². The summed E-state index contributed by atoms with van der Waals surface area (Å²) in [5.74, 6) is 1.75. The fourth-order valence-electron chi connectivity index (χ4n) is 4.32. The molecule has 2 aromatic rings. The molecule has 1 atom stereocenters. The first-order valence-corrected chi connectivity index (χ1v) is 8.47. The Hall–Kier alpha value is -2.34. The number of hydrogen-bond donors (Lipinski definition) is 0. The van der Waals surface area contributed by atoms with E-state index in [4.69, 9.17) is 9.15 Å². The predicted molar refractivity (Wildman–Crippen MR) is 87.7 cm³/mol. The van der Waals surface area contributed by atoms with Gasteiger partial charge in [0, 0.05) is 36.5 Å². The first-order valence-electron chi connectivity index (χ1n) is 8.47. The number of anilines is 1. The number of rotatable bonds is 2. The van der Waals surface area contributed by atoms with Gasteiger partial charge in [-0.25, -0.2) is 9.69 Å². The maximum atomic E-state index is 12.5.